The van der Waals surface area contributed by atoms with Gasteiger partial charge in [-0.2, -0.15) is 0 Å². The molecule has 0 fully saturated rings. The molecule has 0 aliphatic rings. The van der Waals surface area contributed by atoms with E-state index in [1.807, 2.05) is 0 Å². The molecule has 0 spiro atoms. The van der Waals surface area contributed by atoms with E-state index < -0.39 is 33.3 Å². The molecule has 1 aromatic heterocycles. The topological polar surface area (TPSA) is 143 Å². The van der Waals surface area contributed by atoms with Crippen molar-refractivity contribution < 1.29 is 37.4 Å². The maximum atomic E-state index is 12.7. The molecule has 0 radical (unpaired) electrons. The van der Waals surface area contributed by atoms with Crippen LogP contribution in [0.3, 0.4) is 0 Å². The molecular formula is C20H19NO8S. The quantitative estimate of drug-likeness (QED) is 0.501. The molecule has 0 amide bonds. The molecule has 0 aliphatic heterocycles. The first-order chi connectivity index (χ1) is 14.0. The van der Waals surface area contributed by atoms with Crippen LogP contribution in [0, 0.1) is 6.92 Å². The van der Waals surface area contributed by atoms with Crippen LogP contribution in [0.4, 0.5) is 5.69 Å². The highest BCUT2D eigenvalue weighted by Gasteiger charge is 2.23. The minimum Gasteiger partial charge on any atom is -0.507 e. The van der Waals surface area contributed by atoms with Crippen molar-refractivity contribution in [2.45, 2.75) is 31.8 Å². The number of hydrogen-bond acceptors (Lipinski definition) is 7. The minimum absolute atomic E-state index is 0.131. The minimum atomic E-state index is -4.17. The lowest BCUT2D eigenvalue weighted by molar-refractivity contribution is 0.0377. The SMILES string of the molecule is Cc1oc2ccc(NS(=O)(=O)c3ccc(O)c(C(=O)O)c3)cc2c1C(=O)OC(C)C. The number of carboxylic acids is 1. The molecule has 9 nitrogen and oxygen atoms in total. The third kappa shape index (κ3) is 4.08. The van der Waals surface area contributed by atoms with Crippen LogP contribution >= 0.6 is 0 Å². The van der Waals surface area contributed by atoms with Crippen molar-refractivity contribution in [1.82, 2.24) is 0 Å². The zero-order valence-corrected chi connectivity index (χ0v) is 17.1. The number of hydrogen-bond donors (Lipinski definition) is 3. The van der Waals surface area contributed by atoms with Gasteiger partial charge in [0.15, 0.2) is 0 Å². The number of furan rings is 1. The van der Waals surface area contributed by atoms with E-state index in [1.165, 1.54) is 18.2 Å². The van der Waals surface area contributed by atoms with E-state index in [4.69, 9.17) is 14.3 Å². The van der Waals surface area contributed by atoms with Gasteiger partial charge in [0, 0.05) is 11.1 Å². The molecule has 158 valence electrons. The van der Waals surface area contributed by atoms with Crippen molar-refractivity contribution in [3.8, 4) is 5.75 Å². The summed E-state index contributed by atoms with van der Waals surface area (Å²) >= 11 is 0. The summed E-state index contributed by atoms with van der Waals surface area (Å²) in [5.41, 5.74) is 0.158. The van der Waals surface area contributed by atoms with Crippen LogP contribution < -0.4 is 4.72 Å². The van der Waals surface area contributed by atoms with Gasteiger partial charge in [0.05, 0.1) is 11.0 Å². The van der Waals surface area contributed by atoms with Gasteiger partial charge in [-0.25, -0.2) is 18.0 Å². The Morgan fingerprint density at radius 3 is 2.47 bits per heavy atom. The second-order valence-electron chi connectivity index (χ2n) is 6.79. The number of fused-ring (bicyclic) bond motifs is 1. The third-order valence-electron chi connectivity index (χ3n) is 4.17. The number of carbonyl (C=O) groups excluding carboxylic acids is 1. The van der Waals surface area contributed by atoms with Gasteiger partial charge in [0.2, 0.25) is 0 Å². The van der Waals surface area contributed by atoms with Crippen LogP contribution in [-0.2, 0) is 14.8 Å². The number of benzene rings is 2. The Kier molecular flexibility index (Phi) is 5.45. The number of sulfonamides is 1. The van der Waals surface area contributed by atoms with E-state index in [2.05, 4.69) is 4.72 Å². The second-order valence-corrected chi connectivity index (χ2v) is 8.47. The van der Waals surface area contributed by atoms with Gasteiger partial charge in [-0.1, -0.05) is 0 Å². The van der Waals surface area contributed by atoms with Crippen LogP contribution in [0.5, 0.6) is 5.75 Å². The van der Waals surface area contributed by atoms with Crippen molar-refractivity contribution >= 4 is 38.6 Å². The van der Waals surface area contributed by atoms with Gasteiger partial charge in [-0.15, -0.1) is 0 Å². The summed E-state index contributed by atoms with van der Waals surface area (Å²) in [6.45, 7) is 5.01. The molecule has 10 heteroatoms. The normalized spacial score (nSPS) is 11.6. The Hall–Kier alpha value is -3.53. The number of aryl methyl sites for hydroxylation is 1. The molecule has 1 heterocycles. The maximum Gasteiger partial charge on any atom is 0.342 e. The van der Waals surface area contributed by atoms with E-state index in [-0.39, 0.29) is 22.3 Å². The zero-order valence-electron chi connectivity index (χ0n) is 16.3. The monoisotopic (exact) mass is 433 g/mol. The highest BCUT2D eigenvalue weighted by molar-refractivity contribution is 7.92. The van der Waals surface area contributed by atoms with Gasteiger partial charge in [0.25, 0.3) is 10.0 Å². The summed E-state index contributed by atoms with van der Waals surface area (Å²) in [4.78, 5) is 23.2. The molecule has 2 aromatic carbocycles. The Labute approximate surface area is 171 Å². The summed E-state index contributed by atoms with van der Waals surface area (Å²) in [5.74, 6) is -2.27. The van der Waals surface area contributed by atoms with Crippen molar-refractivity contribution in [3.05, 3.63) is 53.3 Å². The van der Waals surface area contributed by atoms with Gasteiger partial charge >= 0.3 is 11.9 Å². The van der Waals surface area contributed by atoms with Crippen molar-refractivity contribution in [1.29, 1.82) is 0 Å². The first-order valence-corrected chi connectivity index (χ1v) is 10.3. The van der Waals surface area contributed by atoms with Crippen LogP contribution in [0.15, 0.2) is 45.7 Å². The largest absolute Gasteiger partial charge is 0.507 e. The van der Waals surface area contributed by atoms with E-state index >= 15 is 0 Å². The number of anilines is 1. The molecule has 0 unspecified atom stereocenters. The molecular weight excluding hydrogens is 414 g/mol. The van der Waals surface area contributed by atoms with Crippen molar-refractivity contribution in [2.24, 2.45) is 0 Å². The zero-order chi connectivity index (χ0) is 22.2. The predicted molar refractivity (Wildman–Crippen MR) is 107 cm³/mol. The Balaban J connectivity index is 2.00. The third-order valence-corrected chi connectivity index (χ3v) is 5.55. The van der Waals surface area contributed by atoms with E-state index in [9.17, 15) is 23.1 Å². The van der Waals surface area contributed by atoms with Crippen LogP contribution in [0.25, 0.3) is 11.0 Å². The molecule has 3 N–H and O–H groups in total. The lowest BCUT2D eigenvalue weighted by Gasteiger charge is -2.10. The number of phenols is 1. The number of carbonyl (C=O) groups is 2. The number of carboxylic acid groups (broad SMARTS) is 1. The van der Waals surface area contributed by atoms with Gasteiger partial charge < -0.3 is 19.4 Å². The number of aromatic hydroxyl groups is 1. The van der Waals surface area contributed by atoms with Crippen molar-refractivity contribution in [2.75, 3.05) is 4.72 Å². The first kappa shape index (κ1) is 21.2. The lowest BCUT2D eigenvalue weighted by Crippen LogP contribution is -2.14. The predicted octanol–water partition coefficient (Wildman–Crippen LogP) is 3.51. The Morgan fingerprint density at radius 1 is 1.13 bits per heavy atom. The number of ether oxygens (including phenoxy) is 1. The second kappa shape index (κ2) is 7.71. The molecule has 3 aromatic rings. The molecule has 0 saturated carbocycles. The number of esters is 1. The van der Waals surface area contributed by atoms with Crippen LogP contribution in [-0.4, -0.2) is 36.7 Å². The highest BCUT2D eigenvalue weighted by Crippen LogP contribution is 2.30. The molecule has 3 rings (SSSR count). The summed E-state index contributed by atoms with van der Waals surface area (Å²) < 4.78 is 38.5. The molecule has 0 saturated heterocycles. The summed E-state index contributed by atoms with van der Waals surface area (Å²) in [6.07, 6.45) is -0.346. The summed E-state index contributed by atoms with van der Waals surface area (Å²) in [6, 6.07) is 7.30. The Morgan fingerprint density at radius 2 is 1.83 bits per heavy atom. The average Bonchev–Trinajstić information content (AvgIpc) is 2.95. The lowest BCUT2D eigenvalue weighted by atomic mass is 10.1. The number of nitrogens with one attached hydrogen (secondary N) is 1. The number of aromatic carboxylic acids is 1. The van der Waals surface area contributed by atoms with Crippen molar-refractivity contribution in [3.63, 3.8) is 0 Å². The van der Waals surface area contributed by atoms with Gasteiger partial charge in [0.1, 0.15) is 28.2 Å². The molecule has 0 bridgehead atoms. The fourth-order valence-corrected chi connectivity index (χ4v) is 3.95. The number of rotatable bonds is 6. The summed E-state index contributed by atoms with van der Waals surface area (Å²) in [7, 11) is -4.17. The molecule has 0 aliphatic carbocycles. The van der Waals surface area contributed by atoms with Crippen LogP contribution in [0.2, 0.25) is 0 Å². The Bertz CT molecular complexity index is 1260. The fraction of sp³-hybridized carbons (Fsp3) is 0.200. The van der Waals surface area contributed by atoms with E-state index in [0.717, 1.165) is 18.2 Å². The van der Waals surface area contributed by atoms with E-state index in [0.29, 0.717) is 16.7 Å². The van der Waals surface area contributed by atoms with Crippen LogP contribution in [0.1, 0.15) is 40.3 Å². The smallest absolute Gasteiger partial charge is 0.342 e. The van der Waals surface area contributed by atoms with Gasteiger partial charge in [-0.05, 0) is 57.2 Å². The standard InChI is InChI=1S/C20H19NO8S/c1-10(2)28-20(25)18-11(3)29-17-7-4-12(8-15(17)18)21-30(26,27)13-5-6-16(22)14(9-13)19(23)24/h4-10,21-22H,1-3H3,(H,23,24). The molecule has 30 heavy (non-hydrogen) atoms. The first-order valence-electron chi connectivity index (χ1n) is 8.83. The highest BCUT2D eigenvalue weighted by atomic mass is 32.2. The summed E-state index contributed by atoms with van der Waals surface area (Å²) in [5, 5.41) is 19.0. The maximum absolute atomic E-state index is 12.7. The van der Waals surface area contributed by atoms with E-state index in [1.54, 1.807) is 20.8 Å². The van der Waals surface area contributed by atoms with Gasteiger partial charge in [-0.3, -0.25) is 4.72 Å². The fourth-order valence-electron chi connectivity index (χ4n) is 2.88. The average molecular weight is 433 g/mol. The molecule has 0 atom stereocenters.